The lowest BCUT2D eigenvalue weighted by Crippen LogP contribution is -2.53. The Labute approximate surface area is 116 Å². The van der Waals surface area contributed by atoms with Crippen molar-refractivity contribution in [1.29, 1.82) is 0 Å². The van der Waals surface area contributed by atoms with Crippen molar-refractivity contribution in [2.45, 2.75) is 19.0 Å². The lowest BCUT2D eigenvalue weighted by molar-refractivity contribution is -0.150. The summed E-state index contributed by atoms with van der Waals surface area (Å²) >= 11 is 0. The third kappa shape index (κ3) is 3.58. The van der Waals surface area contributed by atoms with Gasteiger partial charge in [-0.05, 0) is 19.1 Å². The summed E-state index contributed by atoms with van der Waals surface area (Å²) < 4.78 is 10.3. The Bertz CT molecular complexity index is 459. The number of morpholine rings is 1. The van der Waals surface area contributed by atoms with E-state index in [2.05, 4.69) is 5.32 Å². The summed E-state index contributed by atoms with van der Waals surface area (Å²) in [7, 11) is 0. The molecule has 1 fully saturated rings. The number of hydrogen-bond donors (Lipinski definition) is 2. The van der Waals surface area contributed by atoms with Gasteiger partial charge in [0.1, 0.15) is 11.8 Å². The molecule has 1 aromatic heterocycles. The molecule has 0 radical (unpaired) electrons. The number of amides is 1. The highest BCUT2D eigenvalue weighted by molar-refractivity contribution is 5.80. The largest absolute Gasteiger partial charge is 0.480 e. The molecule has 1 aliphatic rings. The van der Waals surface area contributed by atoms with Crippen molar-refractivity contribution in [3.8, 4) is 0 Å². The van der Waals surface area contributed by atoms with Crippen molar-refractivity contribution in [3.05, 3.63) is 24.2 Å². The molecule has 0 spiro atoms. The Morgan fingerprint density at radius 1 is 1.60 bits per heavy atom. The zero-order chi connectivity index (χ0) is 14.5. The van der Waals surface area contributed by atoms with Gasteiger partial charge < -0.3 is 19.6 Å². The summed E-state index contributed by atoms with van der Waals surface area (Å²) in [5.41, 5.74) is 0. The molecule has 1 saturated heterocycles. The van der Waals surface area contributed by atoms with E-state index in [9.17, 15) is 9.59 Å². The van der Waals surface area contributed by atoms with Crippen LogP contribution in [0.25, 0.3) is 0 Å². The maximum Gasteiger partial charge on any atom is 0.323 e. The van der Waals surface area contributed by atoms with Gasteiger partial charge in [0.2, 0.25) is 5.91 Å². The van der Waals surface area contributed by atoms with Gasteiger partial charge in [0.05, 0.1) is 32.1 Å². The Balaban J connectivity index is 1.88. The average Bonchev–Trinajstić information content (AvgIpc) is 2.92. The molecule has 1 aliphatic heterocycles. The predicted octanol–water partition coefficient (Wildman–Crippen LogP) is 0.242. The normalized spacial score (nSPS) is 21.4. The summed E-state index contributed by atoms with van der Waals surface area (Å²) in [5.74, 6) is -0.547. The number of carboxylic acids is 1. The molecule has 7 heteroatoms. The summed E-state index contributed by atoms with van der Waals surface area (Å²) in [6.07, 6.45) is 1.54. The minimum absolute atomic E-state index is 0.0331. The van der Waals surface area contributed by atoms with E-state index in [0.29, 0.717) is 18.9 Å². The van der Waals surface area contributed by atoms with E-state index >= 15 is 0 Å². The lowest BCUT2D eigenvalue weighted by Gasteiger charge is -2.32. The van der Waals surface area contributed by atoms with Crippen LogP contribution >= 0.6 is 0 Å². The van der Waals surface area contributed by atoms with Crippen molar-refractivity contribution in [2.75, 3.05) is 26.3 Å². The number of carboxylic acid groups (broad SMARTS) is 1. The molecule has 2 unspecified atom stereocenters. The Hall–Kier alpha value is -1.86. The quantitative estimate of drug-likeness (QED) is 0.804. The van der Waals surface area contributed by atoms with Crippen LogP contribution in [0.15, 0.2) is 22.8 Å². The Kier molecular flexibility index (Phi) is 4.75. The maximum absolute atomic E-state index is 12.0. The Morgan fingerprint density at radius 3 is 3.05 bits per heavy atom. The molecule has 1 aromatic rings. The zero-order valence-corrected chi connectivity index (χ0v) is 11.2. The van der Waals surface area contributed by atoms with Crippen LogP contribution in [0.5, 0.6) is 0 Å². The number of hydrogen-bond acceptors (Lipinski definition) is 5. The van der Waals surface area contributed by atoms with Crippen LogP contribution in [0, 0.1) is 0 Å². The number of aliphatic carboxylic acids is 1. The fraction of sp³-hybridized carbons (Fsp3) is 0.538. The van der Waals surface area contributed by atoms with Crippen LogP contribution < -0.4 is 5.32 Å². The molecule has 2 N–H and O–H groups in total. The van der Waals surface area contributed by atoms with Crippen LogP contribution in [0.3, 0.4) is 0 Å². The summed E-state index contributed by atoms with van der Waals surface area (Å²) in [6.45, 7) is 2.82. The SMILES string of the molecule is CC(NC(=O)CN1CCOCC1C(=O)O)c1ccco1. The molecule has 7 nitrogen and oxygen atoms in total. The van der Waals surface area contributed by atoms with Crippen molar-refractivity contribution < 1.29 is 23.8 Å². The predicted molar refractivity (Wildman–Crippen MR) is 69.1 cm³/mol. The van der Waals surface area contributed by atoms with Crippen molar-refractivity contribution in [2.24, 2.45) is 0 Å². The summed E-state index contributed by atoms with van der Waals surface area (Å²) in [5, 5.41) is 11.9. The number of carbonyl (C=O) groups is 2. The number of nitrogens with one attached hydrogen (secondary N) is 1. The van der Waals surface area contributed by atoms with Gasteiger partial charge in [0, 0.05) is 6.54 Å². The third-order valence-corrected chi connectivity index (χ3v) is 3.22. The first kappa shape index (κ1) is 14.5. The molecular weight excluding hydrogens is 264 g/mol. The number of carbonyl (C=O) groups excluding carboxylic acids is 1. The topological polar surface area (TPSA) is 92.0 Å². The van der Waals surface area contributed by atoms with Crippen LogP contribution in [-0.4, -0.2) is 54.2 Å². The van der Waals surface area contributed by atoms with E-state index in [1.54, 1.807) is 23.3 Å². The fourth-order valence-corrected chi connectivity index (χ4v) is 2.14. The van der Waals surface area contributed by atoms with Crippen LogP contribution in [0.4, 0.5) is 0 Å². The molecule has 0 aromatic carbocycles. The highest BCUT2D eigenvalue weighted by Gasteiger charge is 2.30. The fourth-order valence-electron chi connectivity index (χ4n) is 2.14. The lowest BCUT2D eigenvalue weighted by atomic mass is 10.2. The van der Waals surface area contributed by atoms with Gasteiger partial charge in [0.15, 0.2) is 0 Å². The van der Waals surface area contributed by atoms with Gasteiger partial charge in [-0.3, -0.25) is 14.5 Å². The smallest absolute Gasteiger partial charge is 0.323 e. The molecule has 20 heavy (non-hydrogen) atoms. The molecule has 2 atom stereocenters. The third-order valence-electron chi connectivity index (χ3n) is 3.22. The minimum atomic E-state index is -0.975. The van der Waals surface area contributed by atoms with E-state index in [1.807, 2.05) is 6.92 Å². The number of furan rings is 1. The second-order valence-corrected chi connectivity index (χ2v) is 4.70. The van der Waals surface area contributed by atoms with Gasteiger partial charge in [-0.15, -0.1) is 0 Å². The van der Waals surface area contributed by atoms with Gasteiger partial charge in [0.25, 0.3) is 0 Å². The standard InChI is InChI=1S/C13H18N2O5/c1-9(11-3-2-5-20-11)14-12(16)7-15-4-6-19-8-10(15)13(17)18/h2-3,5,9-10H,4,6-8H2,1H3,(H,14,16)(H,17,18). The second kappa shape index (κ2) is 6.53. The van der Waals surface area contributed by atoms with Crippen molar-refractivity contribution >= 4 is 11.9 Å². The van der Waals surface area contributed by atoms with E-state index < -0.39 is 12.0 Å². The second-order valence-electron chi connectivity index (χ2n) is 4.70. The van der Waals surface area contributed by atoms with Crippen LogP contribution in [-0.2, 0) is 14.3 Å². The molecule has 110 valence electrons. The van der Waals surface area contributed by atoms with Crippen molar-refractivity contribution in [1.82, 2.24) is 10.2 Å². The first-order valence-electron chi connectivity index (χ1n) is 6.45. The van der Waals surface area contributed by atoms with Gasteiger partial charge in [-0.2, -0.15) is 0 Å². The van der Waals surface area contributed by atoms with Crippen LogP contribution in [0.1, 0.15) is 18.7 Å². The average molecular weight is 282 g/mol. The monoisotopic (exact) mass is 282 g/mol. The molecule has 0 bridgehead atoms. The van der Waals surface area contributed by atoms with Gasteiger partial charge >= 0.3 is 5.97 Å². The molecule has 2 rings (SSSR count). The maximum atomic E-state index is 12.0. The highest BCUT2D eigenvalue weighted by Crippen LogP contribution is 2.12. The highest BCUT2D eigenvalue weighted by atomic mass is 16.5. The molecule has 2 heterocycles. The number of ether oxygens (including phenoxy) is 1. The molecule has 0 saturated carbocycles. The van der Waals surface area contributed by atoms with Gasteiger partial charge in [-0.1, -0.05) is 0 Å². The number of nitrogens with zero attached hydrogens (tertiary/aromatic N) is 1. The number of rotatable bonds is 5. The van der Waals surface area contributed by atoms with E-state index in [-0.39, 0.29) is 25.1 Å². The Morgan fingerprint density at radius 2 is 2.40 bits per heavy atom. The van der Waals surface area contributed by atoms with E-state index in [4.69, 9.17) is 14.3 Å². The summed E-state index contributed by atoms with van der Waals surface area (Å²) in [4.78, 5) is 24.7. The zero-order valence-electron chi connectivity index (χ0n) is 11.2. The first-order valence-corrected chi connectivity index (χ1v) is 6.45. The molecule has 1 amide bonds. The van der Waals surface area contributed by atoms with Gasteiger partial charge in [-0.25, -0.2) is 0 Å². The molecular formula is C13H18N2O5. The van der Waals surface area contributed by atoms with Crippen molar-refractivity contribution in [3.63, 3.8) is 0 Å². The van der Waals surface area contributed by atoms with Crippen LogP contribution in [0.2, 0.25) is 0 Å². The summed E-state index contributed by atoms with van der Waals surface area (Å²) in [6, 6.07) is 2.51. The molecule has 0 aliphatic carbocycles. The van der Waals surface area contributed by atoms with E-state index in [1.165, 1.54) is 0 Å². The minimum Gasteiger partial charge on any atom is -0.480 e. The van der Waals surface area contributed by atoms with E-state index in [0.717, 1.165) is 0 Å². The first-order chi connectivity index (χ1) is 9.58.